The molecule has 2 aliphatic heterocycles. The summed E-state index contributed by atoms with van der Waals surface area (Å²) in [6.45, 7) is 6.10. The average Bonchev–Trinajstić information content (AvgIpc) is 3.63. The number of para-hydroxylation sites is 1. The molecule has 0 unspecified atom stereocenters. The maximum absolute atomic E-state index is 13.8. The summed E-state index contributed by atoms with van der Waals surface area (Å²) in [5.41, 5.74) is 2.61. The minimum atomic E-state index is -0.700. The Morgan fingerprint density at radius 3 is 2.71 bits per heavy atom. The lowest BCUT2D eigenvalue weighted by molar-refractivity contribution is -0.144. The van der Waals surface area contributed by atoms with E-state index < -0.39 is 5.54 Å². The molecule has 1 saturated heterocycles. The van der Waals surface area contributed by atoms with Gasteiger partial charge in [-0.1, -0.05) is 25.0 Å². The number of H-pyrrole nitrogens is 1. The van der Waals surface area contributed by atoms with Crippen molar-refractivity contribution in [2.24, 2.45) is 11.8 Å². The molecule has 1 aromatic heterocycles. The van der Waals surface area contributed by atoms with Gasteiger partial charge in [0.2, 0.25) is 11.8 Å². The smallest absolute Gasteiger partial charge is 0.226 e. The van der Waals surface area contributed by atoms with Gasteiger partial charge in [0, 0.05) is 67.6 Å². The fourth-order valence-electron chi connectivity index (χ4n) is 6.32. The largest absolute Gasteiger partial charge is 0.490 e. The van der Waals surface area contributed by atoms with Crippen molar-refractivity contribution >= 4 is 22.7 Å². The SMILES string of the molecule is N#CC1(NC(=O)[C@@H]2CCCC[C@H]2C(=O)N2CCc3[nH]c4c(OCCN5CCOCC5)cccc4c3C2)CC1. The second-order valence-electron chi connectivity index (χ2n) is 11.3. The second kappa shape index (κ2) is 10.6. The van der Waals surface area contributed by atoms with E-state index in [-0.39, 0.29) is 23.7 Å². The first kappa shape index (κ1) is 25.2. The molecule has 3 fully saturated rings. The number of hydrogen-bond donors (Lipinski definition) is 2. The van der Waals surface area contributed by atoms with Crippen LogP contribution in [0, 0.1) is 23.2 Å². The summed E-state index contributed by atoms with van der Waals surface area (Å²) in [5.74, 6) is 0.135. The molecule has 3 heterocycles. The van der Waals surface area contributed by atoms with Crippen LogP contribution in [0.5, 0.6) is 5.75 Å². The quantitative estimate of drug-likeness (QED) is 0.582. The first-order chi connectivity index (χ1) is 18.6. The molecule has 0 bridgehead atoms. The average molecular weight is 520 g/mol. The Morgan fingerprint density at radius 2 is 1.95 bits per heavy atom. The molecule has 2 aromatic rings. The minimum absolute atomic E-state index is 0.0737. The number of nitrogens with one attached hydrogen (secondary N) is 2. The molecule has 38 heavy (non-hydrogen) atoms. The van der Waals surface area contributed by atoms with E-state index in [9.17, 15) is 14.9 Å². The third kappa shape index (κ3) is 4.99. The highest BCUT2D eigenvalue weighted by atomic mass is 16.5. The van der Waals surface area contributed by atoms with E-state index in [2.05, 4.69) is 27.3 Å². The molecule has 2 amide bonds. The van der Waals surface area contributed by atoms with Crippen LogP contribution in [0.4, 0.5) is 0 Å². The summed E-state index contributed by atoms with van der Waals surface area (Å²) >= 11 is 0. The summed E-state index contributed by atoms with van der Waals surface area (Å²) in [6, 6.07) is 8.36. The Labute approximate surface area is 223 Å². The van der Waals surface area contributed by atoms with Gasteiger partial charge in [-0.25, -0.2) is 0 Å². The van der Waals surface area contributed by atoms with Crippen molar-refractivity contribution < 1.29 is 19.1 Å². The van der Waals surface area contributed by atoms with E-state index in [1.54, 1.807) is 0 Å². The van der Waals surface area contributed by atoms with Gasteiger partial charge in [0.05, 0.1) is 24.8 Å². The molecule has 2 N–H and O–H groups in total. The van der Waals surface area contributed by atoms with Gasteiger partial charge in [-0.05, 0) is 31.7 Å². The van der Waals surface area contributed by atoms with Crippen molar-refractivity contribution in [2.45, 2.75) is 57.0 Å². The lowest BCUT2D eigenvalue weighted by Gasteiger charge is -2.36. The van der Waals surface area contributed by atoms with E-state index >= 15 is 0 Å². The Kier molecular flexibility index (Phi) is 7.02. The van der Waals surface area contributed by atoms with Gasteiger partial charge in [-0.15, -0.1) is 0 Å². The topological polar surface area (TPSA) is 111 Å². The monoisotopic (exact) mass is 519 g/mol. The Bertz CT molecular complexity index is 1240. The van der Waals surface area contributed by atoms with Crippen molar-refractivity contribution in [2.75, 3.05) is 46.0 Å². The van der Waals surface area contributed by atoms with Crippen LogP contribution in [0.1, 0.15) is 49.8 Å². The second-order valence-corrected chi connectivity index (χ2v) is 11.3. The summed E-state index contributed by atoms with van der Waals surface area (Å²) < 4.78 is 11.6. The van der Waals surface area contributed by atoms with E-state index in [1.807, 2.05) is 17.0 Å². The van der Waals surface area contributed by atoms with Gasteiger partial charge in [0.15, 0.2) is 0 Å². The van der Waals surface area contributed by atoms with Crippen LogP contribution in [0.3, 0.4) is 0 Å². The maximum atomic E-state index is 13.8. The number of benzene rings is 1. The predicted octanol–water partition coefficient (Wildman–Crippen LogP) is 2.74. The summed E-state index contributed by atoms with van der Waals surface area (Å²) in [5, 5.41) is 13.5. The van der Waals surface area contributed by atoms with Crippen LogP contribution < -0.4 is 10.1 Å². The van der Waals surface area contributed by atoms with E-state index in [1.165, 1.54) is 0 Å². The lowest BCUT2D eigenvalue weighted by atomic mass is 9.77. The molecule has 6 rings (SSSR count). The molecule has 2 atom stereocenters. The molecule has 2 saturated carbocycles. The fourth-order valence-corrected chi connectivity index (χ4v) is 6.32. The number of nitriles is 1. The van der Waals surface area contributed by atoms with Crippen molar-refractivity contribution in [3.8, 4) is 11.8 Å². The van der Waals surface area contributed by atoms with Crippen LogP contribution in [0.15, 0.2) is 18.2 Å². The van der Waals surface area contributed by atoms with Gasteiger partial charge in [0.1, 0.15) is 17.9 Å². The van der Waals surface area contributed by atoms with Gasteiger partial charge in [-0.2, -0.15) is 5.26 Å². The van der Waals surface area contributed by atoms with Crippen LogP contribution in [0.25, 0.3) is 10.9 Å². The number of fused-ring (bicyclic) bond motifs is 3. The Hall–Kier alpha value is -3.09. The zero-order chi connectivity index (χ0) is 26.1. The lowest BCUT2D eigenvalue weighted by Crippen LogP contribution is -2.48. The minimum Gasteiger partial charge on any atom is -0.490 e. The molecule has 9 nitrogen and oxygen atoms in total. The number of hydrogen-bond acceptors (Lipinski definition) is 6. The number of carbonyl (C=O) groups excluding carboxylic acids is 2. The van der Waals surface area contributed by atoms with Crippen molar-refractivity contribution in [1.82, 2.24) is 20.1 Å². The highest BCUT2D eigenvalue weighted by molar-refractivity contribution is 5.92. The standard InChI is InChI=1S/C29H37N5O4/c30-19-29(9-10-29)32-27(35)21-4-1-2-5-22(21)28(36)34-11-8-24-23(18-34)20-6-3-7-25(26(20)31-24)38-17-14-33-12-15-37-16-13-33/h3,6-7,21-22,31H,1-2,4-5,8-18H2,(H,32,35)/t21-,22-/m1/s1. The van der Waals surface area contributed by atoms with Crippen molar-refractivity contribution in [3.63, 3.8) is 0 Å². The van der Waals surface area contributed by atoms with Crippen LogP contribution in [0.2, 0.25) is 0 Å². The van der Waals surface area contributed by atoms with Crippen molar-refractivity contribution in [1.29, 1.82) is 5.26 Å². The van der Waals surface area contributed by atoms with Crippen LogP contribution in [-0.4, -0.2) is 78.1 Å². The molecule has 0 spiro atoms. The van der Waals surface area contributed by atoms with Crippen LogP contribution in [-0.2, 0) is 27.3 Å². The van der Waals surface area contributed by atoms with E-state index in [4.69, 9.17) is 9.47 Å². The summed E-state index contributed by atoms with van der Waals surface area (Å²) in [4.78, 5) is 34.8. The van der Waals surface area contributed by atoms with Crippen molar-refractivity contribution in [3.05, 3.63) is 29.5 Å². The number of amides is 2. The summed E-state index contributed by atoms with van der Waals surface area (Å²) in [6.07, 6.45) is 5.51. The van der Waals surface area contributed by atoms with Gasteiger partial charge >= 0.3 is 0 Å². The third-order valence-electron chi connectivity index (χ3n) is 8.80. The number of ether oxygens (including phenoxy) is 2. The molecule has 2 aliphatic carbocycles. The molecule has 1 aromatic carbocycles. The zero-order valence-electron chi connectivity index (χ0n) is 22.0. The first-order valence-corrected chi connectivity index (χ1v) is 14.1. The number of morpholine rings is 1. The molecular weight excluding hydrogens is 482 g/mol. The third-order valence-corrected chi connectivity index (χ3v) is 8.80. The van der Waals surface area contributed by atoms with Gasteiger partial charge in [0.25, 0.3) is 0 Å². The normalized spacial score (nSPS) is 24.9. The molecular formula is C29H37N5O4. The van der Waals surface area contributed by atoms with Crippen LogP contribution >= 0.6 is 0 Å². The Morgan fingerprint density at radius 1 is 1.16 bits per heavy atom. The molecule has 4 aliphatic rings. The predicted molar refractivity (Wildman–Crippen MR) is 141 cm³/mol. The van der Waals surface area contributed by atoms with E-state index in [0.717, 1.165) is 86.4 Å². The number of aromatic amines is 1. The number of carbonyl (C=O) groups is 2. The first-order valence-electron chi connectivity index (χ1n) is 14.1. The number of nitrogens with zero attached hydrogens (tertiary/aromatic N) is 3. The molecule has 202 valence electrons. The molecule has 0 radical (unpaired) electrons. The summed E-state index contributed by atoms with van der Waals surface area (Å²) in [7, 11) is 0. The number of rotatable bonds is 7. The number of aromatic nitrogens is 1. The zero-order valence-corrected chi connectivity index (χ0v) is 22.0. The molecule has 9 heteroatoms. The maximum Gasteiger partial charge on any atom is 0.226 e. The van der Waals surface area contributed by atoms with Gasteiger partial charge < -0.3 is 24.7 Å². The Balaban J connectivity index is 1.14. The fraction of sp³-hybridized carbons (Fsp3) is 0.621. The highest BCUT2D eigenvalue weighted by Crippen LogP contribution is 2.39. The van der Waals surface area contributed by atoms with Gasteiger partial charge in [-0.3, -0.25) is 14.5 Å². The highest BCUT2D eigenvalue weighted by Gasteiger charge is 2.47. The van der Waals surface area contributed by atoms with E-state index in [0.29, 0.717) is 39.0 Å².